The van der Waals surface area contributed by atoms with Crippen LogP contribution in [-0.4, -0.2) is 54.2 Å². The summed E-state index contributed by atoms with van der Waals surface area (Å²) in [6.07, 6.45) is 0.0366. The maximum absolute atomic E-state index is 12.3. The Bertz CT molecular complexity index is 797. The molecule has 0 fully saturated rings. The Hall–Kier alpha value is -1.90. The van der Waals surface area contributed by atoms with Gasteiger partial charge in [-0.1, -0.05) is 29.4 Å². The van der Waals surface area contributed by atoms with E-state index in [1.807, 2.05) is 33.9 Å². The maximum Gasteiger partial charge on any atom is 0.275 e. The van der Waals surface area contributed by atoms with Crippen LogP contribution in [0.2, 0.25) is 5.02 Å². The van der Waals surface area contributed by atoms with Crippen molar-refractivity contribution >= 4 is 51.8 Å². The lowest BCUT2D eigenvalue weighted by Crippen LogP contribution is -3.11. The summed E-state index contributed by atoms with van der Waals surface area (Å²) in [5.41, 5.74) is 1.52. The number of likely N-dealkylation sites (N-methyl/N-ethyl adjacent to an activating group) is 1. The third-order valence-corrected chi connectivity index (χ3v) is 5.55. The van der Waals surface area contributed by atoms with E-state index in [1.54, 1.807) is 12.1 Å². The van der Waals surface area contributed by atoms with Crippen molar-refractivity contribution in [2.75, 3.05) is 25.5 Å². The number of carbonyl (C=O) groups excluding carboxylic acids is 3. The van der Waals surface area contributed by atoms with Crippen LogP contribution in [0.5, 0.6) is 0 Å². The summed E-state index contributed by atoms with van der Waals surface area (Å²) < 4.78 is 0. The van der Waals surface area contributed by atoms with Crippen LogP contribution in [0.1, 0.15) is 25.8 Å². The first-order chi connectivity index (χ1) is 13.1. The Balaban J connectivity index is 1.82. The topological polar surface area (TPSA) is 92.1 Å². The van der Waals surface area contributed by atoms with Crippen LogP contribution in [0.3, 0.4) is 0 Å². The van der Waals surface area contributed by atoms with Gasteiger partial charge in [0.1, 0.15) is 16.8 Å². The third-order valence-electron chi connectivity index (χ3n) is 3.98. The number of aryl methyl sites for hydroxylation is 1. The molecule has 3 amide bonds. The first-order valence-electron chi connectivity index (χ1n) is 9.08. The van der Waals surface area contributed by atoms with Gasteiger partial charge in [-0.2, -0.15) is 0 Å². The number of rotatable bonds is 8. The average Bonchev–Trinajstić information content (AvgIpc) is 2.88. The van der Waals surface area contributed by atoms with Crippen LogP contribution >= 0.6 is 23.4 Å². The number of amides is 3. The second-order valence-corrected chi connectivity index (χ2v) is 8.88. The molecule has 0 aliphatic carbocycles. The molecule has 9 heteroatoms. The Morgan fingerprint density at radius 2 is 2.04 bits per heavy atom. The van der Waals surface area contributed by atoms with Gasteiger partial charge in [0.2, 0.25) is 5.91 Å². The number of quaternary nitrogens is 1. The molecule has 0 spiro atoms. The minimum atomic E-state index is -0.534. The second-order valence-electron chi connectivity index (χ2n) is 7.20. The van der Waals surface area contributed by atoms with Gasteiger partial charge in [0.25, 0.3) is 11.8 Å². The summed E-state index contributed by atoms with van der Waals surface area (Å²) in [5, 5.41) is 6.28. The molecule has 0 bridgehead atoms. The Kier molecular flexibility index (Phi) is 8.03. The van der Waals surface area contributed by atoms with Crippen LogP contribution in [0.15, 0.2) is 23.2 Å². The van der Waals surface area contributed by atoms with Crippen LogP contribution in [0.25, 0.3) is 0 Å². The number of thioether (sulfide) groups is 1. The van der Waals surface area contributed by atoms with E-state index >= 15 is 0 Å². The molecule has 0 saturated carbocycles. The van der Waals surface area contributed by atoms with E-state index in [4.69, 9.17) is 11.6 Å². The van der Waals surface area contributed by atoms with Gasteiger partial charge in [-0.15, -0.1) is 0 Å². The summed E-state index contributed by atoms with van der Waals surface area (Å²) in [4.78, 5) is 41.2. The van der Waals surface area contributed by atoms with Gasteiger partial charge >= 0.3 is 0 Å². The molecular weight excluding hydrogens is 400 g/mol. The van der Waals surface area contributed by atoms with Crippen molar-refractivity contribution in [2.24, 2.45) is 4.99 Å². The Morgan fingerprint density at radius 3 is 2.68 bits per heavy atom. The van der Waals surface area contributed by atoms with Crippen LogP contribution < -0.4 is 15.5 Å². The van der Waals surface area contributed by atoms with Crippen molar-refractivity contribution in [1.82, 2.24) is 5.32 Å². The molecule has 3 N–H and O–H groups in total. The summed E-state index contributed by atoms with van der Waals surface area (Å²) in [7, 11) is 1.87. The molecular formula is C19H26ClN4O3S+. The number of anilines is 1. The molecule has 0 saturated heterocycles. The number of aliphatic imine (C=N–C) groups is 1. The number of carbonyl (C=O) groups is 3. The van der Waals surface area contributed by atoms with Crippen molar-refractivity contribution in [3.05, 3.63) is 28.8 Å². The van der Waals surface area contributed by atoms with Gasteiger partial charge in [0.15, 0.2) is 6.54 Å². The molecule has 152 valence electrons. The zero-order valence-electron chi connectivity index (χ0n) is 16.5. The van der Waals surface area contributed by atoms with Crippen LogP contribution in [0, 0.1) is 6.92 Å². The van der Waals surface area contributed by atoms with Gasteiger partial charge in [0.05, 0.1) is 7.05 Å². The van der Waals surface area contributed by atoms with Crippen molar-refractivity contribution in [1.29, 1.82) is 0 Å². The highest BCUT2D eigenvalue weighted by molar-refractivity contribution is 8.15. The molecule has 1 aromatic rings. The monoisotopic (exact) mass is 425 g/mol. The fourth-order valence-corrected chi connectivity index (χ4v) is 4.03. The third kappa shape index (κ3) is 6.92. The van der Waals surface area contributed by atoms with Crippen molar-refractivity contribution < 1.29 is 19.3 Å². The van der Waals surface area contributed by atoms with E-state index in [-0.39, 0.29) is 30.2 Å². The number of nitrogens with one attached hydrogen (secondary N) is 3. The van der Waals surface area contributed by atoms with Crippen molar-refractivity contribution in [3.8, 4) is 0 Å². The second kappa shape index (κ2) is 10.0. The molecule has 1 aromatic carbocycles. The number of nitrogens with zero attached hydrogens (tertiary/aromatic N) is 1. The lowest BCUT2D eigenvalue weighted by molar-refractivity contribution is -0.861. The molecule has 7 nitrogen and oxygen atoms in total. The van der Waals surface area contributed by atoms with Gasteiger partial charge in [0, 0.05) is 23.2 Å². The van der Waals surface area contributed by atoms with Gasteiger partial charge < -0.3 is 15.5 Å². The van der Waals surface area contributed by atoms with E-state index in [0.29, 0.717) is 28.8 Å². The van der Waals surface area contributed by atoms with Crippen molar-refractivity contribution in [2.45, 2.75) is 38.5 Å². The molecule has 1 heterocycles. The zero-order valence-corrected chi connectivity index (χ0v) is 18.0. The van der Waals surface area contributed by atoms with E-state index in [2.05, 4.69) is 15.6 Å². The smallest absolute Gasteiger partial charge is 0.275 e. The SMILES string of the molecule is Cc1ccc(NC(=O)C[C@@H]2SC(C[NH+](C)CC(=O)NC(C)C)=NC2=O)cc1Cl. The molecule has 1 aliphatic heterocycles. The van der Waals surface area contributed by atoms with Gasteiger partial charge in [-0.05, 0) is 38.5 Å². The van der Waals surface area contributed by atoms with Crippen LogP contribution in [0.4, 0.5) is 5.69 Å². The van der Waals surface area contributed by atoms with Gasteiger partial charge in [-0.3, -0.25) is 14.4 Å². The molecule has 28 heavy (non-hydrogen) atoms. The maximum atomic E-state index is 12.3. The predicted octanol–water partition coefficient (Wildman–Crippen LogP) is 1.06. The number of hydrogen-bond acceptors (Lipinski definition) is 4. The quantitative estimate of drug-likeness (QED) is 0.580. The van der Waals surface area contributed by atoms with Gasteiger partial charge in [-0.25, -0.2) is 4.99 Å². The highest BCUT2D eigenvalue weighted by Gasteiger charge is 2.32. The van der Waals surface area contributed by atoms with Crippen molar-refractivity contribution in [3.63, 3.8) is 0 Å². The number of benzene rings is 1. The predicted molar refractivity (Wildman–Crippen MR) is 113 cm³/mol. The standard InChI is InChI=1S/C19H25ClN4O3S/c1-11(2)21-17(26)9-24(4)10-18-23-19(27)15(28-18)8-16(25)22-13-6-5-12(3)14(20)7-13/h5-7,11,15H,8-10H2,1-4H3,(H,21,26)(H,22,25)/p+1/t15-/m0/s1. The molecule has 0 aromatic heterocycles. The first-order valence-corrected chi connectivity index (χ1v) is 10.3. The van der Waals surface area contributed by atoms with E-state index in [9.17, 15) is 14.4 Å². The zero-order chi connectivity index (χ0) is 20.8. The highest BCUT2D eigenvalue weighted by Crippen LogP contribution is 2.25. The summed E-state index contributed by atoms with van der Waals surface area (Å²) in [5.74, 6) is -0.620. The molecule has 2 atom stereocenters. The summed E-state index contributed by atoms with van der Waals surface area (Å²) in [6.45, 7) is 6.46. The summed E-state index contributed by atoms with van der Waals surface area (Å²) >= 11 is 7.36. The molecule has 0 radical (unpaired) electrons. The molecule has 2 rings (SSSR count). The minimum Gasteiger partial charge on any atom is -0.349 e. The fraction of sp³-hybridized carbons (Fsp3) is 0.474. The van der Waals surface area contributed by atoms with Crippen LogP contribution in [-0.2, 0) is 14.4 Å². The summed E-state index contributed by atoms with van der Waals surface area (Å²) in [6, 6.07) is 5.36. The average molecular weight is 426 g/mol. The van der Waals surface area contributed by atoms with E-state index in [0.717, 1.165) is 10.5 Å². The number of hydrogen-bond donors (Lipinski definition) is 3. The normalized spacial score (nSPS) is 17.4. The first kappa shape index (κ1) is 22.4. The highest BCUT2D eigenvalue weighted by atomic mass is 35.5. The minimum absolute atomic E-state index is 0.0366. The Morgan fingerprint density at radius 1 is 1.32 bits per heavy atom. The molecule has 1 aliphatic rings. The lowest BCUT2D eigenvalue weighted by Gasteiger charge is -2.15. The molecule has 1 unspecified atom stereocenters. The van der Waals surface area contributed by atoms with E-state index < -0.39 is 5.25 Å². The Labute approximate surface area is 174 Å². The number of halogens is 1. The lowest BCUT2D eigenvalue weighted by atomic mass is 10.2. The fourth-order valence-electron chi connectivity index (χ4n) is 2.66. The largest absolute Gasteiger partial charge is 0.349 e. The van der Waals surface area contributed by atoms with E-state index in [1.165, 1.54) is 11.8 Å².